The van der Waals surface area contributed by atoms with Gasteiger partial charge in [0.05, 0.1) is 0 Å². The minimum atomic E-state index is -0.956. The van der Waals surface area contributed by atoms with Gasteiger partial charge in [-0.15, -0.1) is 12.4 Å². The summed E-state index contributed by atoms with van der Waals surface area (Å²) in [5.74, 6) is -0.703. The zero-order valence-corrected chi connectivity index (χ0v) is 13.3. The number of H-pyrrole nitrogens is 1. The van der Waals surface area contributed by atoms with Crippen LogP contribution in [0.1, 0.15) is 23.3 Å². The third-order valence-electron chi connectivity index (χ3n) is 3.12. The first kappa shape index (κ1) is 18.3. The topological polar surface area (TPSA) is 106 Å². The molecule has 0 saturated carbocycles. The lowest BCUT2D eigenvalue weighted by Gasteiger charge is -2.20. The SMILES string of the molecule is Cl.N=C(N)N(CCCC(O)Cl)C(=O)c1cc2ccccc2[nH]1. The van der Waals surface area contributed by atoms with Gasteiger partial charge in [-0.3, -0.25) is 15.1 Å². The van der Waals surface area contributed by atoms with E-state index in [4.69, 9.17) is 27.9 Å². The Hall–Kier alpha value is -1.76. The fourth-order valence-corrected chi connectivity index (χ4v) is 2.24. The molecule has 2 rings (SSSR count). The molecule has 6 nitrogen and oxygen atoms in total. The number of nitrogens with zero attached hydrogens (tertiary/aromatic N) is 1. The summed E-state index contributed by atoms with van der Waals surface area (Å²) in [6, 6.07) is 9.25. The van der Waals surface area contributed by atoms with Crippen molar-refractivity contribution in [3.05, 3.63) is 36.0 Å². The Balaban J connectivity index is 0.00000242. The molecule has 1 atom stereocenters. The Labute approximate surface area is 139 Å². The van der Waals surface area contributed by atoms with Gasteiger partial charge in [0.15, 0.2) is 5.96 Å². The first-order valence-electron chi connectivity index (χ1n) is 6.55. The van der Waals surface area contributed by atoms with Crippen LogP contribution in [-0.4, -0.2) is 39.0 Å². The predicted molar refractivity (Wildman–Crippen MR) is 89.6 cm³/mol. The van der Waals surface area contributed by atoms with E-state index in [1.165, 1.54) is 0 Å². The van der Waals surface area contributed by atoms with E-state index in [2.05, 4.69) is 4.98 Å². The van der Waals surface area contributed by atoms with E-state index in [-0.39, 0.29) is 30.8 Å². The fraction of sp³-hybridized carbons (Fsp3) is 0.286. The molecule has 1 aromatic heterocycles. The molecule has 0 saturated heterocycles. The van der Waals surface area contributed by atoms with Gasteiger partial charge in [0.1, 0.15) is 11.3 Å². The highest BCUT2D eigenvalue weighted by Crippen LogP contribution is 2.16. The summed E-state index contributed by atoms with van der Waals surface area (Å²) in [6.07, 6.45) is 0.779. The molecule has 1 heterocycles. The second-order valence-corrected chi connectivity index (χ2v) is 5.19. The lowest BCUT2D eigenvalue weighted by atomic mass is 10.2. The summed E-state index contributed by atoms with van der Waals surface area (Å²) in [5.41, 5.74) is 5.73. The van der Waals surface area contributed by atoms with Gasteiger partial charge in [-0.05, 0) is 25.0 Å². The van der Waals surface area contributed by atoms with Gasteiger partial charge in [-0.2, -0.15) is 0 Å². The molecule has 0 aliphatic rings. The van der Waals surface area contributed by atoms with Gasteiger partial charge in [-0.1, -0.05) is 29.8 Å². The molecule has 0 aliphatic carbocycles. The lowest BCUT2D eigenvalue weighted by molar-refractivity contribution is 0.0835. The standard InChI is InChI=1S/C14H17ClN4O2.ClH/c15-12(20)6-3-7-19(14(16)17)13(21)11-8-9-4-1-2-5-10(9)18-11;/h1-2,4-5,8,12,18,20H,3,6-7H2,(H3,16,17);1H. The summed E-state index contributed by atoms with van der Waals surface area (Å²) in [4.78, 5) is 16.6. The number of para-hydroxylation sites is 1. The number of hydrogen-bond acceptors (Lipinski definition) is 3. The van der Waals surface area contributed by atoms with E-state index in [1.54, 1.807) is 6.07 Å². The van der Waals surface area contributed by atoms with Gasteiger partial charge in [0.25, 0.3) is 5.91 Å². The molecule has 0 radical (unpaired) electrons. The average molecular weight is 345 g/mol. The van der Waals surface area contributed by atoms with E-state index < -0.39 is 5.56 Å². The van der Waals surface area contributed by atoms with E-state index in [1.807, 2.05) is 24.3 Å². The van der Waals surface area contributed by atoms with E-state index in [0.29, 0.717) is 18.5 Å². The normalized spacial score (nSPS) is 11.7. The van der Waals surface area contributed by atoms with Crippen molar-refractivity contribution in [2.24, 2.45) is 5.73 Å². The molecule has 0 spiro atoms. The number of rotatable bonds is 5. The van der Waals surface area contributed by atoms with Crippen LogP contribution in [0.4, 0.5) is 0 Å². The van der Waals surface area contributed by atoms with Crippen LogP contribution in [0.5, 0.6) is 0 Å². The summed E-state index contributed by atoms with van der Waals surface area (Å²) in [5, 5.41) is 17.5. The summed E-state index contributed by atoms with van der Waals surface area (Å²) in [6.45, 7) is 0.229. The van der Waals surface area contributed by atoms with Crippen molar-refractivity contribution in [3.63, 3.8) is 0 Å². The summed E-state index contributed by atoms with van der Waals surface area (Å²) >= 11 is 5.45. The molecular formula is C14H18Cl2N4O2. The molecular weight excluding hydrogens is 327 g/mol. The van der Waals surface area contributed by atoms with Crippen LogP contribution >= 0.6 is 24.0 Å². The van der Waals surface area contributed by atoms with E-state index in [0.717, 1.165) is 15.8 Å². The number of hydrogen-bond donors (Lipinski definition) is 4. The molecule has 120 valence electrons. The number of guanidine groups is 1. The number of alkyl halides is 1. The van der Waals surface area contributed by atoms with Gasteiger partial charge < -0.3 is 15.8 Å². The Morgan fingerprint density at radius 3 is 2.73 bits per heavy atom. The smallest absolute Gasteiger partial charge is 0.276 e. The van der Waals surface area contributed by atoms with Crippen molar-refractivity contribution >= 4 is 46.8 Å². The van der Waals surface area contributed by atoms with Crippen LogP contribution in [-0.2, 0) is 0 Å². The fourth-order valence-electron chi connectivity index (χ4n) is 2.08. The van der Waals surface area contributed by atoms with Gasteiger partial charge >= 0.3 is 0 Å². The first-order chi connectivity index (χ1) is 9.99. The number of nitrogens with one attached hydrogen (secondary N) is 2. The minimum absolute atomic E-state index is 0. The molecule has 2 aromatic rings. The van der Waals surface area contributed by atoms with Gasteiger partial charge in [0, 0.05) is 17.4 Å². The second-order valence-electron chi connectivity index (χ2n) is 4.69. The number of halogens is 2. The molecule has 0 bridgehead atoms. The van der Waals surface area contributed by atoms with Crippen molar-refractivity contribution in [3.8, 4) is 0 Å². The lowest BCUT2D eigenvalue weighted by Crippen LogP contribution is -2.42. The molecule has 5 N–H and O–H groups in total. The number of carbonyl (C=O) groups is 1. The Kier molecular flexibility index (Phi) is 6.67. The minimum Gasteiger partial charge on any atom is -0.378 e. The Morgan fingerprint density at radius 2 is 2.14 bits per heavy atom. The molecule has 0 fully saturated rings. The highest BCUT2D eigenvalue weighted by molar-refractivity contribution is 6.19. The third kappa shape index (κ3) is 4.37. The average Bonchev–Trinajstić information content (AvgIpc) is 2.86. The maximum absolute atomic E-state index is 12.4. The molecule has 1 amide bonds. The molecule has 0 aliphatic heterocycles. The van der Waals surface area contributed by atoms with E-state index in [9.17, 15) is 4.79 Å². The highest BCUT2D eigenvalue weighted by Gasteiger charge is 2.20. The van der Waals surface area contributed by atoms with Gasteiger partial charge in [-0.25, -0.2) is 0 Å². The largest absolute Gasteiger partial charge is 0.378 e. The zero-order chi connectivity index (χ0) is 15.4. The van der Waals surface area contributed by atoms with Crippen LogP contribution in [0.3, 0.4) is 0 Å². The number of fused-ring (bicyclic) bond motifs is 1. The Bertz CT molecular complexity index is 624. The van der Waals surface area contributed by atoms with Crippen LogP contribution in [0, 0.1) is 5.41 Å². The second kappa shape index (κ2) is 8.03. The van der Waals surface area contributed by atoms with Crippen molar-refractivity contribution in [2.75, 3.05) is 6.54 Å². The number of nitrogens with two attached hydrogens (primary N) is 1. The molecule has 22 heavy (non-hydrogen) atoms. The number of carbonyl (C=O) groups excluding carboxylic acids is 1. The van der Waals surface area contributed by atoms with Crippen molar-refractivity contribution in [1.82, 2.24) is 9.88 Å². The number of amides is 1. The van der Waals surface area contributed by atoms with E-state index >= 15 is 0 Å². The number of benzene rings is 1. The Morgan fingerprint density at radius 1 is 1.45 bits per heavy atom. The quantitative estimate of drug-likeness (QED) is 0.379. The third-order valence-corrected chi connectivity index (χ3v) is 3.34. The van der Waals surface area contributed by atoms with Crippen molar-refractivity contribution < 1.29 is 9.90 Å². The maximum atomic E-state index is 12.4. The van der Waals surface area contributed by atoms with Crippen molar-refractivity contribution in [1.29, 1.82) is 5.41 Å². The summed E-state index contributed by atoms with van der Waals surface area (Å²) < 4.78 is 0. The van der Waals surface area contributed by atoms with Crippen LogP contribution in [0.2, 0.25) is 0 Å². The predicted octanol–water partition coefficient (Wildman–Crippen LogP) is 2.26. The number of aliphatic hydroxyl groups excluding tert-OH is 1. The monoisotopic (exact) mass is 344 g/mol. The first-order valence-corrected chi connectivity index (χ1v) is 6.98. The highest BCUT2D eigenvalue weighted by atomic mass is 35.5. The van der Waals surface area contributed by atoms with Gasteiger partial charge in [0.2, 0.25) is 0 Å². The van der Waals surface area contributed by atoms with Crippen molar-refractivity contribution in [2.45, 2.75) is 18.4 Å². The summed E-state index contributed by atoms with van der Waals surface area (Å²) in [7, 11) is 0. The number of aromatic amines is 1. The number of aliphatic hydroxyl groups is 1. The number of aromatic nitrogens is 1. The maximum Gasteiger partial charge on any atom is 0.276 e. The van der Waals surface area contributed by atoms with Crippen LogP contribution < -0.4 is 5.73 Å². The van der Waals surface area contributed by atoms with Crippen LogP contribution in [0.15, 0.2) is 30.3 Å². The molecule has 1 aromatic carbocycles. The van der Waals surface area contributed by atoms with Crippen LogP contribution in [0.25, 0.3) is 10.9 Å². The molecule has 8 heteroatoms. The molecule has 1 unspecified atom stereocenters. The zero-order valence-electron chi connectivity index (χ0n) is 11.8.